The number of fused-ring (bicyclic) bond motifs is 3. The number of carboxylic acid groups (broad SMARTS) is 1. The number of aliphatic hydroxyl groups excluding tert-OH is 1. The number of anilines is 3. The van der Waals surface area contributed by atoms with Gasteiger partial charge >= 0.3 is 17.9 Å². The van der Waals surface area contributed by atoms with Crippen molar-refractivity contribution in [1.29, 1.82) is 0 Å². The van der Waals surface area contributed by atoms with Crippen molar-refractivity contribution >= 4 is 81.7 Å². The molecular formula is C42H66ClN15O13. The third-order valence-electron chi connectivity index (χ3n) is 10.5. The maximum Gasteiger partial charge on any atom is 0.308 e. The molecule has 3 atom stereocenters. The molecule has 0 aliphatic heterocycles. The van der Waals surface area contributed by atoms with Gasteiger partial charge in [0.1, 0.15) is 33.4 Å². The van der Waals surface area contributed by atoms with Crippen molar-refractivity contribution in [2.24, 2.45) is 35.5 Å². The Kier molecular flexibility index (Phi) is 24.8. The number of nitrogens with one attached hydrogen (secondary N) is 3. The van der Waals surface area contributed by atoms with E-state index in [1.165, 1.54) is 23.5 Å². The number of rotatable bonds is 20. The van der Waals surface area contributed by atoms with Crippen molar-refractivity contribution in [2.75, 3.05) is 56.8 Å². The molecule has 6 heterocycles. The zero-order valence-corrected chi connectivity index (χ0v) is 41.9. The molecule has 6 rings (SSSR count). The second-order valence-corrected chi connectivity index (χ2v) is 16.6. The Morgan fingerprint density at radius 2 is 0.831 bits per heavy atom. The lowest BCUT2D eigenvalue weighted by molar-refractivity contribution is -0.152. The number of imidazole rings is 3. The van der Waals surface area contributed by atoms with E-state index < -0.39 is 17.1 Å². The van der Waals surface area contributed by atoms with Crippen LogP contribution in [0.2, 0.25) is 0 Å². The number of aromatic amines is 3. The summed E-state index contributed by atoms with van der Waals surface area (Å²) in [6.07, 6.45) is 4.32. The van der Waals surface area contributed by atoms with Crippen molar-refractivity contribution < 1.29 is 48.3 Å². The number of aromatic nitrogens is 12. The number of hydrogen-bond donors (Lipinski definition) is 8. The normalized spacial score (nSPS) is 12.3. The first-order chi connectivity index (χ1) is 33.1. The third kappa shape index (κ3) is 18.4. The molecule has 0 saturated heterocycles. The molecule has 28 nitrogen and oxygen atoms in total. The number of carbonyl (C=O) groups excluding carboxylic acids is 2. The minimum atomic E-state index is -0.708. The molecule has 6 aromatic rings. The van der Waals surface area contributed by atoms with Crippen LogP contribution in [0.3, 0.4) is 0 Å². The van der Waals surface area contributed by atoms with E-state index in [0.29, 0.717) is 16.9 Å². The van der Waals surface area contributed by atoms with E-state index in [-0.39, 0.29) is 160 Å². The Morgan fingerprint density at radius 3 is 1.08 bits per heavy atom. The molecule has 6 aromatic heterocycles. The molecule has 71 heavy (non-hydrogen) atoms. The number of esters is 2. The summed E-state index contributed by atoms with van der Waals surface area (Å²) >= 11 is 0. The van der Waals surface area contributed by atoms with Gasteiger partial charge in [0.15, 0.2) is 33.5 Å². The molecule has 0 amide bonds. The summed E-state index contributed by atoms with van der Waals surface area (Å²) < 4.78 is 30.8. The van der Waals surface area contributed by atoms with Crippen LogP contribution in [0.1, 0.15) is 62.3 Å². The van der Waals surface area contributed by atoms with Gasteiger partial charge in [-0.25, -0.2) is 15.0 Å². The van der Waals surface area contributed by atoms with Crippen molar-refractivity contribution in [2.45, 2.75) is 82.5 Å². The molecule has 11 N–H and O–H groups in total. The maximum absolute atomic E-state index is 11.7. The van der Waals surface area contributed by atoms with Crippen LogP contribution in [0.25, 0.3) is 33.5 Å². The number of aliphatic hydroxyl groups is 1. The highest BCUT2D eigenvalue weighted by Gasteiger charge is 2.19. The van der Waals surface area contributed by atoms with Crippen molar-refractivity contribution in [3.63, 3.8) is 0 Å². The van der Waals surface area contributed by atoms with E-state index in [4.69, 9.17) is 51.1 Å². The Balaban J connectivity index is 0.000000341. The zero-order valence-electron chi connectivity index (χ0n) is 41.1. The average molecular weight is 1020 g/mol. The summed E-state index contributed by atoms with van der Waals surface area (Å²) in [6.45, 7) is 18.4. The average Bonchev–Trinajstić information content (AvgIpc) is 4.03. The fourth-order valence-electron chi connectivity index (χ4n) is 5.24. The minimum absolute atomic E-state index is 0. The van der Waals surface area contributed by atoms with Gasteiger partial charge < -0.3 is 51.1 Å². The van der Waals surface area contributed by atoms with Crippen LogP contribution in [0.5, 0.6) is 0 Å². The summed E-state index contributed by atoms with van der Waals surface area (Å²) in [6, 6.07) is 0. The first-order valence-corrected chi connectivity index (χ1v) is 22.1. The van der Waals surface area contributed by atoms with Crippen molar-refractivity contribution in [3.8, 4) is 0 Å². The molecule has 0 fully saturated rings. The molecule has 0 bridgehead atoms. The number of carbonyl (C=O) groups is 3. The van der Waals surface area contributed by atoms with Gasteiger partial charge in [0, 0.05) is 0 Å². The largest absolute Gasteiger partial charge is 0.481 e. The second-order valence-electron chi connectivity index (χ2n) is 16.6. The predicted molar refractivity (Wildman–Crippen MR) is 261 cm³/mol. The fourth-order valence-corrected chi connectivity index (χ4v) is 5.24. The smallest absolute Gasteiger partial charge is 0.308 e. The molecule has 0 radical (unpaired) electrons. The number of H-pyrrole nitrogens is 3. The quantitative estimate of drug-likeness (QED) is 0.0396. The first kappa shape index (κ1) is 60.1. The molecule has 0 spiro atoms. The topological polar surface area (TPSA) is 407 Å². The SMILES string of the molecule is CC(C)[C@H](C)C(=O)O.CC(C)[C@H](C)C(=O)OCCOCn1cnc2c(=O)[nH]c(N)nc21.CC(C)[C@H](C)C(=O)OCCOCn1cnc2c(=O)[nH]c(N)nc21.Cl.Nc1nc2c(ncn2COCCO)c(=O)[nH]1. The van der Waals surface area contributed by atoms with Gasteiger partial charge in [-0.15, -0.1) is 12.4 Å². The summed E-state index contributed by atoms with van der Waals surface area (Å²) in [4.78, 5) is 99.1. The van der Waals surface area contributed by atoms with E-state index in [2.05, 4.69) is 44.9 Å². The predicted octanol–water partition coefficient (Wildman–Crippen LogP) is 1.48. The lowest BCUT2D eigenvalue weighted by atomic mass is 9.99. The van der Waals surface area contributed by atoms with E-state index in [1.54, 1.807) is 16.1 Å². The van der Waals surface area contributed by atoms with Crippen molar-refractivity contribution in [3.05, 3.63) is 50.0 Å². The van der Waals surface area contributed by atoms with Crippen LogP contribution in [0.4, 0.5) is 17.8 Å². The van der Waals surface area contributed by atoms with Gasteiger partial charge in [0.05, 0.1) is 63.2 Å². The van der Waals surface area contributed by atoms with E-state index in [9.17, 15) is 28.8 Å². The fraction of sp³-hybridized carbons (Fsp3) is 0.571. The lowest BCUT2D eigenvalue weighted by Gasteiger charge is -2.14. The standard InChI is InChI=1S/2C14H21N5O4.C8H11N5O3.C6H12O2.ClH/c2*1-8(2)9(3)13(21)23-5-4-22-7-19-6-16-10-11(19)17-14(15)18-12(10)20;9-8-11-6-5(7(15)12-8)10-3-13(6)4-16-2-1-14;1-4(2)5(3)6(7)8;/h2*6,8-9H,4-5,7H2,1-3H3,(H3,15,17,18,20);3,14H,1-2,4H2,(H3,9,11,12,15);4-5H,1-3H3,(H,7,8);1H/t2*9-;;5-;/m00.0./s1. The summed E-state index contributed by atoms with van der Waals surface area (Å²) in [5, 5.41) is 16.9. The van der Waals surface area contributed by atoms with E-state index in [1.807, 2.05) is 55.4 Å². The highest BCUT2D eigenvalue weighted by molar-refractivity contribution is 5.85. The van der Waals surface area contributed by atoms with Crippen LogP contribution in [-0.2, 0) is 58.3 Å². The maximum atomic E-state index is 11.7. The number of halogens is 1. The van der Waals surface area contributed by atoms with Gasteiger partial charge in [-0.1, -0.05) is 62.3 Å². The molecular weight excluding hydrogens is 958 g/mol. The summed E-state index contributed by atoms with van der Waals surface area (Å²) in [7, 11) is 0. The first-order valence-electron chi connectivity index (χ1n) is 22.1. The molecule has 29 heteroatoms. The van der Waals surface area contributed by atoms with E-state index in [0.717, 1.165) is 0 Å². The zero-order chi connectivity index (χ0) is 52.2. The Hall–Kier alpha value is -7.01. The van der Waals surface area contributed by atoms with Crippen molar-refractivity contribution in [1.82, 2.24) is 58.6 Å². The van der Waals surface area contributed by atoms with Crippen LogP contribution < -0.4 is 33.9 Å². The Morgan fingerprint density at radius 1 is 0.535 bits per heavy atom. The van der Waals surface area contributed by atoms with E-state index >= 15 is 0 Å². The number of nitrogen functional groups attached to an aromatic ring is 3. The molecule has 0 unspecified atom stereocenters. The summed E-state index contributed by atoms with van der Waals surface area (Å²) in [5.41, 5.74) is 16.9. The highest BCUT2D eigenvalue weighted by Crippen LogP contribution is 2.13. The van der Waals surface area contributed by atoms with Gasteiger partial charge in [0.25, 0.3) is 16.7 Å². The third-order valence-corrected chi connectivity index (χ3v) is 10.5. The molecule has 0 aromatic carbocycles. The van der Waals surface area contributed by atoms with Gasteiger partial charge in [-0.2, -0.15) is 15.0 Å². The second kappa shape index (κ2) is 29.2. The number of nitrogens with two attached hydrogens (primary N) is 3. The number of carboxylic acids is 1. The molecule has 394 valence electrons. The Bertz CT molecular complexity index is 2670. The van der Waals surface area contributed by atoms with Crippen LogP contribution in [0.15, 0.2) is 33.4 Å². The van der Waals surface area contributed by atoms with Gasteiger partial charge in [0.2, 0.25) is 17.8 Å². The number of hydrogen-bond acceptors (Lipinski definition) is 21. The molecule has 0 saturated carbocycles. The minimum Gasteiger partial charge on any atom is -0.481 e. The van der Waals surface area contributed by atoms with Crippen LogP contribution >= 0.6 is 12.4 Å². The lowest BCUT2D eigenvalue weighted by Crippen LogP contribution is -2.21. The Labute approximate surface area is 412 Å². The highest BCUT2D eigenvalue weighted by atomic mass is 35.5. The number of ether oxygens (including phenoxy) is 5. The number of nitrogens with zero attached hydrogens (tertiary/aromatic N) is 9. The summed E-state index contributed by atoms with van der Waals surface area (Å²) in [5.74, 6) is -0.926. The monoisotopic (exact) mass is 1020 g/mol. The van der Waals surface area contributed by atoms with Gasteiger partial charge in [-0.3, -0.25) is 57.4 Å². The van der Waals surface area contributed by atoms with Gasteiger partial charge in [-0.05, 0) is 17.8 Å². The number of aliphatic carboxylic acids is 1. The van der Waals surface area contributed by atoms with Crippen LogP contribution in [0, 0.1) is 35.5 Å². The molecule has 0 aliphatic carbocycles. The molecule has 0 aliphatic rings. The van der Waals surface area contributed by atoms with Crippen LogP contribution in [-0.4, -0.2) is 126 Å².